The zero-order chi connectivity index (χ0) is 27.3. The normalized spacial score (nSPS) is 14.9. The summed E-state index contributed by atoms with van der Waals surface area (Å²) in [6, 6.07) is 25.0. The minimum absolute atomic E-state index is 0.199. The third-order valence-electron chi connectivity index (χ3n) is 5.23. The lowest BCUT2D eigenvalue weighted by molar-refractivity contribution is -0.135. The standard InChI is InChI=1S/C29H27N3O6S/c1-35-27(33)18-26-28(34)31-29(39-26)32-30-19-21-8-10-23(11-9-21)36-16-5-17-37-24-12-14-25(15-13-24)38-20-22-6-3-2-4-7-22/h2-4,6-15,18-19H,5,16-17,20H2,1H3,(H,31,32,34)/b26-18+,30-19?. The average molecular weight is 546 g/mol. The number of methoxy groups -OCH3 is 1. The lowest BCUT2D eigenvalue weighted by Gasteiger charge is -2.10. The zero-order valence-electron chi connectivity index (χ0n) is 21.2. The Kier molecular flexibility index (Phi) is 10.1. The number of ether oxygens (including phenoxy) is 4. The number of thioether (sulfide) groups is 1. The lowest BCUT2D eigenvalue weighted by atomic mass is 10.2. The van der Waals surface area contributed by atoms with Gasteiger partial charge in [-0.3, -0.25) is 10.1 Å². The molecule has 0 radical (unpaired) electrons. The first-order valence-corrected chi connectivity index (χ1v) is 12.9. The summed E-state index contributed by atoms with van der Waals surface area (Å²) in [6.07, 6.45) is 3.39. The van der Waals surface area contributed by atoms with E-state index in [1.807, 2.05) is 78.9 Å². The molecule has 3 aromatic rings. The van der Waals surface area contributed by atoms with Gasteiger partial charge in [0.15, 0.2) is 5.17 Å². The van der Waals surface area contributed by atoms with Gasteiger partial charge in [-0.15, -0.1) is 5.10 Å². The molecule has 0 unspecified atom stereocenters. The van der Waals surface area contributed by atoms with Crippen LogP contribution >= 0.6 is 11.8 Å². The van der Waals surface area contributed by atoms with E-state index in [0.29, 0.717) is 19.8 Å². The zero-order valence-corrected chi connectivity index (χ0v) is 22.1. The lowest BCUT2D eigenvalue weighted by Crippen LogP contribution is -2.19. The molecule has 0 aliphatic carbocycles. The number of esters is 1. The fraction of sp³-hybridized carbons (Fsp3) is 0.172. The van der Waals surface area contributed by atoms with E-state index in [1.165, 1.54) is 7.11 Å². The maximum absolute atomic E-state index is 11.8. The highest BCUT2D eigenvalue weighted by Crippen LogP contribution is 2.23. The summed E-state index contributed by atoms with van der Waals surface area (Å²) >= 11 is 1.01. The Morgan fingerprint density at radius 3 is 2.13 bits per heavy atom. The SMILES string of the molecule is COC(=O)/C=C1/S/C(=N\N=Cc2ccc(OCCCOc3ccc(OCc4ccccc4)cc3)cc2)NC1=O. The fourth-order valence-electron chi connectivity index (χ4n) is 3.25. The summed E-state index contributed by atoms with van der Waals surface area (Å²) in [6.45, 7) is 1.57. The first kappa shape index (κ1) is 27.5. The minimum atomic E-state index is -0.609. The predicted octanol–water partition coefficient (Wildman–Crippen LogP) is 4.72. The van der Waals surface area contributed by atoms with Crippen LogP contribution in [0.15, 0.2) is 100 Å². The molecule has 0 aromatic heterocycles. The van der Waals surface area contributed by atoms with Gasteiger partial charge in [0.05, 0.1) is 31.4 Å². The van der Waals surface area contributed by atoms with Crippen molar-refractivity contribution >= 4 is 35.0 Å². The van der Waals surface area contributed by atoms with Gasteiger partial charge in [-0.25, -0.2) is 4.79 Å². The van der Waals surface area contributed by atoms with Gasteiger partial charge in [0.2, 0.25) is 0 Å². The monoisotopic (exact) mass is 545 g/mol. The Morgan fingerprint density at radius 1 is 0.872 bits per heavy atom. The molecule has 39 heavy (non-hydrogen) atoms. The Morgan fingerprint density at radius 2 is 1.49 bits per heavy atom. The van der Waals surface area contributed by atoms with Crippen LogP contribution in [0, 0.1) is 0 Å². The highest BCUT2D eigenvalue weighted by Gasteiger charge is 2.25. The van der Waals surface area contributed by atoms with Gasteiger partial charge in [-0.05, 0) is 71.4 Å². The van der Waals surface area contributed by atoms with Crippen molar-refractivity contribution in [1.82, 2.24) is 5.32 Å². The van der Waals surface area contributed by atoms with Crippen molar-refractivity contribution in [2.75, 3.05) is 20.3 Å². The number of nitrogens with zero attached hydrogens (tertiary/aromatic N) is 2. The largest absolute Gasteiger partial charge is 0.493 e. The molecule has 0 spiro atoms. The Balaban J connectivity index is 1.13. The van der Waals surface area contributed by atoms with Crippen molar-refractivity contribution < 1.29 is 28.5 Å². The van der Waals surface area contributed by atoms with Crippen LogP contribution in [0.2, 0.25) is 0 Å². The molecular formula is C29H27N3O6S. The van der Waals surface area contributed by atoms with E-state index >= 15 is 0 Å². The van der Waals surface area contributed by atoms with Crippen molar-refractivity contribution in [2.24, 2.45) is 10.2 Å². The van der Waals surface area contributed by atoms with E-state index in [-0.39, 0.29) is 10.1 Å². The van der Waals surface area contributed by atoms with E-state index < -0.39 is 11.9 Å². The molecule has 200 valence electrons. The number of hydrogen-bond acceptors (Lipinski definition) is 9. The molecule has 0 atom stereocenters. The molecule has 1 fully saturated rings. The summed E-state index contributed by atoms with van der Waals surface area (Å²) < 4.78 is 21.9. The van der Waals surface area contributed by atoms with E-state index in [1.54, 1.807) is 6.21 Å². The summed E-state index contributed by atoms with van der Waals surface area (Å²) in [4.78, 5) is 23.3. The second-order valence-electron chi connectivity index (χ2n) is 8.10. The maximum atomic E-state index is 11.8. The van der Waals surface area contributed by atoms with Crippen LogP contribution in [0.3, 0.4) is 0 Å². The fourth-order valence-corrected chi connectivity index (χ4v) is 3.99. The first-order chi connectivity index (χ1) is 19.1. The van der Waals surface area contributed by atoms with Gasteiger partial charge >= 0.3 is 5.97 Å². The molecule has 1 aliphatic heterocycles. The van der Waals surface area contributed by atoms with Crippen LogP contribution in [0.25, 0.3) is 0 Å². The molecule has 1 N–H and O–H groups in total. The highest BCUT2D eigenvalue weighted by molar-refractivity contribution is 8.18. The van der Waals surface area contributed by atoms with Crippen LogP contribution in [0.5, 0.6) is 17.2 Å². The number of benzene rings is 3. The number of amides is 1. The topological polar surface area (TPSA) is 108 Å². The van der Waals surface area contributed by atoms with Crippen molar-refractivity contribution in [3.8, 4) is 17.2 Å². The summed E-state index contributed by atoms with van der Waals surface area (Å²) in [5.74, 6) is 1.27. The molecule has 1 amide bonds. The number of carbonyl (C=O) groups excluding carboxylic acids is 2. The van der Waals surface area contributed by atoms with Gasteiger partial charge in [0, 0.05) is 12.5 Å². The second-order valence-corrected chi connectivity index (χ2v) is 9.13. The molecule has 3 aromatic carbocycles. The number of amidine groups is 1. The van der Waals surface area contributed by atoms with Crippen LogP contribution in [-0.2, 0) is 20.9 Å². The van der Waals surface area contributed by atoms with Crippen LogP contribution in [0.4, 0.5) is 0 Å². The van der Waals surface area contributed by atoms with Crippen molar-refractivity contribution in [1.29, 1.82) is 0 Å². The predicted molar refractivity (Wildman–Crippen MR) is 150 cm³/mol. The number of rotatable bonds is 12. The smallest absolute Gasteiger partial charge is 0.331 e. The number of nitrogens with one attached hydrogen (secondary N) is 1. The molecular weight excluding hydrogens is 518 g/mol. The van der Waals surface area contributed by atoms with Gasteiger partial charge in [0.1, 0.15) is 23.9 Å². The third-order valence-corrected chi connectivity index (χ3v) is 6.13. The van der Waals surface area contributed by atoms with Crippen LogP contribution < -0.4 is 19.5 Å². The van der Waals surface area contributed by atoms with E-state index in [4.69, 9.17) is 14.2 Å². The Labute approximate surface area is 230 Å². The third kappa shape index (κ3) is 9.04. The first-order valence-electron chi connectivity index (χ1n) is 12.1. The van der Waals surface area contributed by atoms with Crippen molar-refractivity contribution in [3.63, 3.8) is 0 Å². The minimum Gasteiger partial charge on any atom is -0.493 e. The molecule has 1 heterocycles. The second kappa shape index (κ2) is 14.4. The van der Waals surface area contributed by atoms with Crippen molar-refractivity contribution in [3.05, 3.63) is 101 Å². The summed E-state index contributed by atoms with van der Waals surface area (Å²) in [5, 5.41) is 10.8. The van der Waals surface area contributed by atoms with Gasteiger partial charge < -0.3 is 18.9 Å². The van der Waals surface area contributed by atoms with E-state index in [9.17, 15) is 9.59 Å². The highest BCUT2D eigenvalue weighted by atomic mass is 32.2. The molecule has 0 bridgehead atoms. The number of carbonyl (C=O) groups is 2. The number of hydrogen-bond donors (Lipinski definition) is 1. The van der Waals surface area contributed by atoms with Crippen molar-refractivity contribution in [2.45, 2.75) is 13.0 Å². The Bertz CT molecular complexity index is 1340. The van der Waals surface area contributed by atoms with Gasteiger partial charge in [0.25, 0.3) is 5.91 Å². The molecule has 1 saturated heterocycles. The quantitative estimate of drug-likeness (QED) is 0.115. The van der Waals surface area contributed by atoms with Crippen LogP contribution in [0.1, 0.15) is 17.5 Å². The summed E-state index contributed by atoms with van der Waals surface area (Å²) in [7, 11) is 1.24. The average Bonchev–Trinajstić information content (AvgIpc) is 3.31. The van der Waals surface area contributed by atoms with E-state index in [0.717, 1.165) is 52.6 Å². The molecule has 1 aliphatic rings. The van der Waals surface area contributed by atoms with Gasteiger partial charge in [-0.1, -0.05) is 30.3 Å². The molecule has 10 heteroatoms. The molecule has 0 saturated carbocycles. The Hall–Kier alpha value is -4.57. The van der Waals surface area contributed by atoms with Gasteiger partial charge in [-0.2, -0.15) is 5.10 Å². The molecule has 4 rings (SSSR count). The molecule has 9 nitrogen and oxygen atoms in total. The summed E-state index contributed by atoms with van der Waals surface area (Å²) in [5.41, 5.74) is 1.93. The van der Waals surface area contributed by atoms with E-state index in [2.05, 4.69) is 20.3 Å². The maximum Gasteiger partial charge on any atom is 0.331 e. The van der Waals surface area contributed by atoms with Crippen LogP contribution in [-0.4, -0.2) is 43.6 Å².